The number of aliphatic hydroxyl groups is 1. The molecule has 0 aliphatic carbocycles. The van der Waals surface area contributed by atoms with Crippen molar-refractivity contribution in [2.24, 2.45) is 0 Å². The second-order valence-electron chi connectivity index (χ2n) is 5.42. The zero-order valence-corrected chi connectivity index (χ0v) is 10.7. The van der Waals surface area contributed by atoms with Crippen LogP contribution in [0.3, 0.4) is 0 Å². The standard InChI is InChI=1S/C13H16N2O3/c1-13(2,3)11-6-8-4-10(15(17)18)5-9(7-16)12(8)14-11/h4-6,14,16H,7H2,1-3H3. The third-order valence-electron chi connectivity index (χ3n) is 2.98. The summed E-state index contributed by atoms with van der Waals surface area (Å²) in [7, 11) is 0. The van der Waals surface area contributed by atoms with Crippen molar-refractivity contribution < 1.29 is 10.0 Å². The molecule has 5 heteroatoms. The molecular formula is C13H16N2O3. The van der Waals surface area contributed by atoms with Crippen molar-refractivity contribution in [1.29, 1.82) is 0 Å². The van der Waals surface area contributed by atoms with Crippen molar-refractivity contribution in [2.75, 3.05) is 0 Å². The maximum Gasteiger partial charge on any atom is 0.270 e. The number of nitro benzene ring substituents is 1. The third kappa shape index (κ3) is 2.09. The summed E-state index contributed by atoms with van der Waals surface area (Å²) >= 11 is 0. The highest BCUT2D eigenvalue weighted by Gasteiger charge is 2.19. The summed E-state index contributed by atoms with van der Waals surface area (Å²) in [6, 6.07) is 4.84. The number of rotatable bonds is 2. The highest BCUT2D eigenvalue weighted by Crippen LogP contribution is 2.30. The van der Waals surface area contributed by atoms with Gasteiger partial charge in [0.2, 0.25) is 0 Å². The van der Waals surface area contributed by atoms with Crippen LogP contribution >= 0.6 is 0 Å². The molecule has 2 rings (SSSR count). The first-order valence-corrected chi connectivity index (χ1v) is 5.74. The summed E-state index contributed by atoms with van der Waals surface area (Å²) in [5.74, 6) is 0. The van der Waals surface area contributed by atoms with Gasteiger partial charge >= 0.3 is 0 Å². The minimum absolute atomic E-state index is 0.00556. The van der Waals surface area contributed by atoms with Gasteiger partial charge in [-0.1, -0.05) is 20.8 Å². The van der Waals surface area contributed by atoms with E-state index in [4.69, 9.17) is 0 Å². The molecule has 96 valence electrons. The zero-order valence-electron chi connectivity index (χ0n) is 10.7. The summed E-state index contributed by atoms with van der Waals surface area (Å²) in [5, 5.41) is 20.9. The Labute approximate surface area is 105 Å². The molecule has 0 saturated heterocycles. The topological polar surface area (TPSA) is 79.2 Å². The van der Waals surface area contributed by atoms with Crippen LogP contribution in [0, 0.1) is 10.1 Å². The minimum Gasteiger partial charge on any atom is -0.392 e. The Kier molecular flexibility index (Phi) is 2.86. The first-order chi connectivity index (χ1) is 8.32. The Morgan fingerprint density at radius 2 is 2.00 bits per heavy atom. The summed E-state index contributed by atoms with van der Waals surface area (Å²) in [5.41, 5.74) is 2.25. The number of hydrogen-bond donors (Lipinski definition) is 2. The smallest absolute Gasteiger partial charge is 0.270 e. The second kappa shape index (κ2) is 4.10. The molecule has 0 fully saturated rings. The van der Waals surface area contributed by atoms with Gasteiger partial charge in [-0.2, -0.15) is 0 Å². The maximum atomic E-state index is 10.8. The van der Waals surface area contributed by atoms with E-state index in [0.29, 0.717) is 5.56 Å². The van der Waals surface area contributed by atoms with Crippen LogP contribution in [0.1, 0.15) is 32.0 Å². The number of hydrogen-bond acceptors (Lipinski definition) is 3. The van der Waals surface area contributed by atoms with Crippen molar-refractivity contribution in [3.8, 4) is 0 Å². The van der Waals surface area contributed by atoms with E-state index in [1.807, 2.05) is 6.07 Å². The molecule has 1 aromatic heterocycles. The first-order valence-electron chi connectivity index (χ1n) is 5.74. The SMILES string of the molecule is CC(C)(C)c1cc2cc([N+](=O)[O-])cc(CO)c2[nH]1. The van der Waals surface area contributed by atoms with Crippen molar-refractivity contribution in [2.45, 2.75) is 32.8 Å². The predicted octanol–water partition coefficient (Wildman–Crippen LogP) is 2.87. The van der Waals surface area contributed by atoms with Gasteiger partial charge in [-0.3, -0.25) is 10.1 Å². The van der Waals surface area contributed by atoms with Crippen molar-refractivity contribution >= 4 is 16.6 Å². The number of aromatic amines is 1. The van der Waals surface area contributed by atoms with E-state index >= 15 is 0 Å². The largest absolute Gasteiger partial charge is 0.392 e. The molecule has 0 atom stereocenters. The monoisotopic (exact) mass is 248 g/mol. The second-order valence-corrected chi connectivity index (χ2v) is 5.42. The summed E-state index contributed by atoms with van der Waals surface area (Å²) in [6.07, 6.45) is 0. The number of non-ortho nitro benzene ring substituents is 1. The van der Waals surface area contributed by atoms with Crippen molar-refractivity contribution in [3.05, 3.63) is 39.6 Å². The molecule has 1 heterocycles. The van der Waals surface area contributed by atoms with E-state index in [0.717, 1.165) is 16.6 Å². The summed E-state index contributed by atoms with van der Waals surface area (Å²) < 4.78 is 0. The fraction of sp³-hybridized carbons (Fsp3) is 0.385. The molecule has 0 unspecified atom stereocenters. The average molecular weight is 248 g/mol. The molecule has 0 bridgehead atoms. The van der Waals surface area contributed by atoms with Crippen LogP contribution in [0.15, 0.2) is 18.2 Å². The molecule has 18 heavy (non-hydrogen) atoms. The number of nitrogens with zero attached hydrogens (tertiary/aromatic N) is 1. The Bertz CT molecular complexity index is 608. The van der Waals surface area contributed by atoms with E-state index in [1.54, 1.807) is 0 Å². The molecule has 1 aromatic carbocycles. The summed E-state index contributed by atoms with van der Waals surface area (Å²) in [6.45, 7) is 5.96. The lowest BCUT2D eigenvalue weighted by Gasteiger charge is -2.15. The zero-order chi connectivity index (χ0) is 13.5. The van der Waals surface area contributed by atoms with Crippen molar-refractivity contribution in [3.63, 3.8) is 0 Å². The Balaban J connectivity index is 2.71. The number of nitro groups is 1. The van der Waals surface area contributed by atoms with Crippen LogP contribution in [0.4, 0.5) is 5.69 Å². The predicted molar refractivity (Wildman–Crippen MR) is 69.6 cm³/mol. The van der Waals surface area contributed by atoms with Gasteiger partial charge in [-0.05, 0) is 6.07 Å². The normalized spacial score (nSPS) is 12.0. The van der Waals surface area contributed by atoms with Crippen molar-refractivity contribution in [1.82, 2.24) is 4.98 Å². The number of H-pyrrole nitrogens is 1. The highest BCUT2D eigenvalue weighted by atomic mass is 16.6. The molecule has 0 aliphatic heterocycles. The van der Waals surface area contributed by atoms with Crippen LogP contribution in [-0.4, -0.2) is 15.0 Å². The molecular weight excluding hydrogens is 232 g/mol. The maximum absolute atomic E-state index is 10.8. The molecule has 0 aliphatic rings. The van der Waals surface area contributed by atoms with Gasteiger partial charge in [-0.15, -0.1) is 0 Å². The van der Waals surface area contributed by atoms with Gasteiger partial charge < -0.3 is 10.1 Å². The first kappa shape index (κ1) is 12.6. The molecule has 0 amide bonds. The average Bonchev–Trinajstić information content (AvgIpc) is 2.70. The molecule has 5 nitrogen and oxygen atoms in total. The van der Waals surface area contributed by atoms with Crippen LogP contribution < -0.4 is 0 Å². The number of aliphatic hydroxyl groups excluding tert-OH is 1. The van der Waals surface area contributed by atoms with E-state index in [9.17, 15) is 15.2 Å². The Morgan fingerprint density at radius 3 is 2.50 bits per heavy atom. The van der Waals surface area contributed by atoms with Crippen LogP contribution in [0.2, 0.25) is 0 Å². The number of nitrogens with one attached hydrogen (secondary N) is 1. The lowest BCUT2D eigenvalue weighted by molar-refractivity contribution is -0.384. The van der Waals surface area contributed by atoms with E-state index in [2.05, 4.69) is 25.8 Å². The quantitative estimate of drug-likeness (QED) is 0.633. The molecule has 2 aromatic rings. The molecule has 0 spiro atoms. The van der Waals surface area contributed by atoms with Gasteiger partial charge in [0.05, 0.1) is 17.0 Å². The van der Waals surface area contributed by atoms with Crippen LogP contribution in [0.25, 0.3) is 10.9 Å². The summed E-state index contributed by atoms with van der Waals surface area (Å²) in [4.78, 5) is 13.6. The van der Waals surface area contributed by atoms with Gasteiger partial charge in [0.15, 0.2) is 0 Å². The van der Waals surface area contributed by atoms with Gasteiger partial charge in [-0.25, -0.2) is 0 Å². The lowest BCUT2D eigenvalue weighted by atomic mass is 9.92. The van der Waals surface area contributed by atoms with E-state index in [-0.39, 0.29) is 17.7 Å². The number of aromatic nitrogens is 1. The van der Waals surface area contributed by atoms with Gasteiger partial charge in [0.25, 0.3) is 5.69 Å². The van der Waals surface area contributed by atoms with Gasteiger partial charge in [0.1, 0.15) is 0 Å². The van der Waals surface area contributed by atoms with Crippen LogP contribution in [0.5, 0.6) is 0 Å². The minimum atomic E-state index is -0.442. The highest BCUT2D eigenvalue weighted by molar-refractivity contribution is 5.86. The van der Waals surface area contributed by atoms with Gasteiger partial charge in [0, 0.05) is 34.2 Å². The lowest BCUT2D eigenvalue weighted by Crippen LogP contribution is -2.11. The molecule has 2 N–H and O–H groups in total. The number of benzene rings is 1. The third-order valence-corrected chi connectivity index (χ3v) is 2.98. The fourth-order valence-electron chi connectivity index (χ4n) is 1.94. The Morgan fingerprint density at radius 1 is 1.33 bits per heavy atom. The Hall–Kier alpha value is -1.88. The van der Waals surface area contributed by atoms with Crippen LogP contribution in [-0.2, 0) is 12.0 Å². The van der Waals surface area contributed by atoms with E-state index < -0.39 is 4.92 Å². The fourth-order valence-corrected chi connectivity index (χ4v) is 1.94. The molecule has 0 saturated carbocycles. The number of fused-ring (bicyclic) bond motifs is 1. The molecule has 0 radical (unpaired) electrons. The van der Waals surface area contributed by atoms with E-state index in [1.165, 1.54) is 12.1 Å².